The van der Waals surface area contributed by atoms with E-state index in [0.29, 0.717) is 43.7 Å². The number of ether oxygens (including phenoxy) is 2. The Hall–Kier alpha value is -2.85. The lowest BCUT2D eigenvalue weighted by Crippen LogP contribution is -2.45. The molecule has 32 heavy (non-hydrogen) atoms. The number of Topliss-reactive ketones (excluding diaryl/α,β-unsaturated/α-hetero) is 1. The van der Waals surface area contributed by atoms with Crippen molar-refractivity contribution in [3.8, 4) is 11.5 Å². The first-order valence-electron chi connectivity index (χ1n) is 9.68. The van der Waals surface area contributed by atoms with Gasteiger partial charge in [-0.3, -0.25) is 9.59 Å². The standard InChI is InChI=1S/C22H21Br2N3O5/c1-3-31-14-9-13(17(23)18(24)21(14)32-10-15(25)29)20-16(11(2)28)19(26-22(30)27-20)12-7-5-4-6-8-12/h4-9,20H,3,10H2,1-2H3,(H2,25,29)(H2,26,27,30). The number of hydrogen-bond donors (Lipinski definition) is 3. The van der Waals surface area contributed by atoms with Gasteiger partial charge in [0.1, 0.15) is 0 Å². The highest BCUT2D eigenvalue weighted by Crippen LogP contribution is 2.46. The third-order valence-electron chi connectivity index (χ3n) is 4.64. The number of rotatable bonds is 8. The molecule has 0 bridgehead atoms. The minimum Gasteiger partial charge on any atom is -0.490 e. The Bertz CT molecular complexity index is 1100. The molecule has 1 atom stereocenters. The Balaban J connectivity index is 2.21. The number of primary amides is 1. The van der Waals surface area contributed by atoms with E-state index in [0.717, 1.165) is 0 Å². The molecule has 0 saturated carbocycles. The number of hydrogen-bond acceptors (Lipinski definition) is 5. The molecule has 1 aliphatic heterocycles. The van der Waals surface area contributed by atoms with Gasteiger partial charge in [-0.15, -0.1) is 0 Å². The number of carbonyl (C=O) groups is 3. The van der Waals surface area contributed by atoms with Crippen molar-refractivity contribution in [2.45, 2.75) is 19.9 Å². The maximum absolute atomic E-state index is 12.7. The van der Waals surface area contributed by atoms with E-state index in [1.807, 2.05) is 30.3 Å². The lowest BCUT2D eigenvalue weighted by molar-refractivity contribution is -0.120. The van der Waals surface area contributed by atoms with E-state index >= 15 is 0 Å². The Morgan fingerprint density at radius 2 is 1.81 bits per heavy atom. The van der Waals surface area contributed by atoms with Gasteiger partial charge in [0.15, 0.2) is 23.9 Å². The van der Waals surface area contributed by atoms with Crippen LogP contribution in [-0.4, -0.2) is 30.9 Å². The summed E-state index contributed by atoms with van der Waals surface area (Å²) in [6.07, 6.45) is 0. The van der Waals surface area contributed by atoms with Gasteiger partial charge in [0, 0.05) is 10.0 Å². The van der Waals surface area contributed by atoms with E-state index in [1.165, 1.54) is 6.92 Å². The first kappa shape index (κ1) is 23.8. The van der Waals surface area contributed by atoms with E-state index in [4.69, 9.17) is 15.2 Å². The van der Waals surface area contributed by atoms with E-state index in [9.17, 15) is 14.4 Å². The molecule has 0 saturated heterocycles. The van der Waals surface area contributed by atoms with E-state index in [1.54, 1.807) is 13.0 Å². The van der Waals surface area contributed by atoms with Gasteiger partial charge in [0.05, 0.1) is 22.8 Å². The van der Waals surface area contributed by atoms with Gasteiger partial charge >= 0.3 is 6.03 Å². The van der Waals surface area contributed by atoms with E-state index in [-0.39, 0.29) is 18.1 Å². The normalized spacial score (nSPS) is 15.6. The summed E-state index contributed by atoms with van der Waals surface area (Å²) in [5.41, 5.74) is 7.30. The summed E-state index contributed by atoms with van der Waals surface area (Å²) in [5.74, 6) is -0.246. The molecule has 1 heterocycles. The minimum absolute atomic E-state index is 0.212. The minimum atomic E-state index is -0.772. The average molecular weight is 567 g/mol. The van der Waals surface area contributed by atoms with Crippen molar-refractivity contribution in [2.24, 2.45) is 5.73 Å². The zero-order valence-electron chi connectivity index (χ0n) is 17.3. The van der Waals surface area contributed by atoms with Crippen LogP contribution in [0.25, 0.3) is 5.70 Å². The monoisotopic (exact) mass is 565 g/mol. The number of carbonyl (C=O) groups excluding carboxylic acids is 3. The molecule has 0 spiro atoms. The number of halogens is 2. The van der Waals surface area contributed by atoms with Crippen LogP contribution in [0.2, 0.25) is 0 Å². The third kappa shape index (κ3) is 4.97. The number of amides is 3. The van der Waals surface area contributed by atoms with Crippen molar-refractivity contribution in [3.05, 3.63) is 62.0 Å². The molecule has 1 aliphatic rings. The number of ketones is 1. The van der Waals surface area contributed by atoms with Gasteiger partial charge in [-0.05, 0) is 62.9 Å². The predicted octanol–water partition coefficient (Wildman–Crippen LogP) is 3.83. The molecular weight excluding hydrogens is 546 g/mol. The summed E-state index contributed by atoms with van der Waals surface area (Å²) in [6, 6.07) is 9.58. The fourth-order valence-electron chi connectivity index (χ4n) is 3.36. The zero-order valence-corrected chi connectivity index (χ0v) is 20.5. The van der Waals surface area contributed by atoms with Gasteiger partial charge in [-0.1, -0.05) is 30.3 Å². The molecule has 0 aromatic heterocycles. The molecule has 2 aromatic carbocycles. The highest BCUT2D eigenvalue weighted by Gasteiger charge is 2.34. The predicted molar refractivity (Wildman–Crippen MR) is 126 cm³/mol. The molecule has 1 unspecified atom stereocenters. The number of nitrogens with two attached hydrogens (primary N) is 1. The van der Waals surface area contributed by atoms with E-state index < -0.39 is 18.0 Å². The van der Waals surface area contributed by atoms with Crippen LogP contribution in [0.15, 0.2) is 50.9 Å². The molecule has 10 heteroatoms. The van der Waals surface area contributed by atoms with Gasteiger partial charge in [-0.25, -0.2) is 4.79 Å². The maximum Gasteiger partial charge on any atom is 0.320 e. The fourth-order valence-corrected chi connectivity index (χ4v) is 4.43. The number of benzene rings is 2. The molecule has 168 valence electrons. The van der Waals surface area contributed by atoms with Gasteiger partial charge in [0.25, 0.3) is 5.91 Å². The van der Waals surface area contributed by atoms with Crippen molar-refractivity contribution in [2.75, 3.05) is 13.2 Å². The molecule has 4 N–H and O–H groups in total. The van der Waals surface area contributed by atoms with Crippen LogP contribution in [-0.2, 0) is 9.59 Å². The zero-order chi connectivity index (χ0) is 23.4. The van der Waals surface area contributed by atoms with Crippen LogP contribution in [0, 0.1) is 0 Å². The fraction of sp³-hybridized carbons (Fsp3) is 0.227. The SMILES string of the molecule is CCOc1cc(C2NC(=O)NC(c3ccccc3)=C2C(C)=O)c(Br)c(Br)c1OCC(N)=O. The largest absolute Gasteiger partial charge is 0.490 e. The molecule has 0 radical (unpaired) electrons. The van der Waals surface area contributed by atoms with Crippen molar-refractivity contribution < 1.29 is 23.9 Å². The summed E-state index contributed by atoms with van der Waals surface area (Å²) in [5, 5.41) is 5.58. The molecule has 3 amide bonds. The molecular formula is C22H21Br2N3O5. The smallest absolute Gasteiger partial charge is 0.320 e. The molecule has 3 rings (SSSR count). The second kappa shape index (κ2) is 10.2. The second-order valence-corrected chi connectivity index (χ2v) is 8.44. The van der Waals surface area contributed by atoms with Crippen LogP contribution in [0.5, 0.6) is 11.5 Å². The number of nitrogens with one attached hydrogen (secondary N) is 2. The van der Waals surface area contributed by atoms with Gasteiger partial charge < -0.3 is 25.8 Å². The molecule has 2 aromatic rings. The summed E-state index contributed by atoms with van der Waals surface area (Å²) in [4.78, 5) is 36.5. The Morgan fingerprint density at radius 3 is 2.41 bits per heavy atom. The van der Waals surface area contributed by atoms with Crippen LogP contribution < -0.4 is 25.8 Å². The Labute approximate surface area is 201 Å². The highest BCUT2D eigenvalue weighted by molar-refractivity contribution is 9.13. The Kier molecular flexibility index (Phi) is 7.57. The lowest BCUT2D eigenvalue weighted by atomic mass is 9.90. The maximum atomic E-state index is 12.7. The summed E-state index contributed by atoms with van der Waals surface area (Å²) < 4.78 is 12.2. The van der Waals surface area contributed by atoms with Crippen LogP contribution in [0.3, 0.4) is 0 Å². The first-order chi connectivity index (χ1) is 15.2. The van der Waals surface area contributed by atoms with Gasteiger partial charge in [-0.2, -0.15) is 0 Å². The highest BCUT2D eigenvalue weighted by atomic mass is 79.9. The van der Waals surface area contributed by atoms with Crippen molar-refractivity contribution in [1.82, 2.24) is 10.6 Å². The molecule has 0 aliphatic carbocycles. The van der Waals surface area contributed by atoms with Crippen LogP contribution >= 0.6 is 31.9 Å². The summed E-state index contributed by atoms with van der Waals surface area (Å²) in [6.45, 7) is 3.23. The van der Waals surface area contributed by atoms with Crippen molar-refractivity contribution >= 4 is 55.3 Å². The van der Waals surface area contributed by atoms with E-state index in [2.05, 4.69) is 42.5 Å². The van der Waals surface area contributed by atoms with Crippen LogP contribution in [0.4, 0.5) is 4.79 Å². The average Bonchev–Trinajstić information content (AvgIpc) is 2.75. The molecule has 0 fully saturated rings. The van der Waals surface area contributed by atoms with Crippen molar-refractivity contribution in [3.63, 3.8) is 0 Å². The van der Waals surface area contributed by atoms with Crippen LogP contribution in [0.1, 0.15) is 31.0 Å². The quantitative estimate of drug-likeness (QED) is 0.448. The van der Waals surface area contributed by atoms with Gasteiger partial charge in [0.2, 0.25) is 0 Å². The summed E-state index contributed by atoms with van der Waals surface area (Å²) in [7, 11) is 0. The topological polar surface area (TPSA) is 120 Å². The second-order valence-electron chi connectivity index (χ2n) is 6.85. The lowest BCUT2D eigenvalue weighted by Gasteiger charge is -2.31. The first-order valence-corrected chi connectivity index (χ1v) is 11.3. The van der Waals surface area contributed by atoms with Crippen molar-refractivity contribution in [1.29, 1.82) is 0 Å². The summed E-state index contributed by atoms with van der Waals surface area (Å²) >= 11 is 6.99. The Morgan fingerprint density at radius 1 is 1.12 bits per heavy atom. The molecule has 8 nitrogen and oxygen atoms in total. The number of urea groups is 1. The third-order valence-corrected chi connectivity index (χ3v) is 6.78.